The number of nitrogens with zero attached hydrogens (tertiary/aromatic N) is 3. The number of carbonyl (C=O) groups excluding carboxylic acids is 1. The van der Waals surface area contributed by atoms with E-state index in [0.717, 1.165) is 6.07 Å². The van der Waals surface area contributed by atoms with Crippen molar-refractivity contribution in [2.75, 3.05) is 43.6 Å². The van der Waals surface area contributed by atoms with Gasteiger partial charge in [0, 0.05) is 30.6 Å². The van der Waals surface area contributed by atoms with Crippen molar-refractivity contribution < 1.29 is 27.6 Å². The van der Waals surface area contributed by atoms with Gasteiger partial charge in [0.25, 0.3) is 15.7 Å². The molecule has 1 fully saturated rings. The summed E-state index contributed by atoms with van der Waals surface area (Å²) in [4.78, 5) is 24.6. The maximum atomic E-state index is 12.7. The second-order valence-electron chi connectivity index (χ2n) is 7.40. The molecule has 1 heterocycles. The van der Waals surface area contributed by atoms with Gasteiger partial charge >= 0.3 is 0 Å². The summed E-state index contributed by atoms with van der Waals surface area (Å²) < 4.78 is 38.1. The van der Waals surface area contributed by atoms with E-state index < -0.39 is 20.6 Å². The predicted octanol–water partition coefficient (Wildman–Crippen LogP) is 2.44. The van der Waals surface area contributed by atoms with Crippen molar-refractivity contribution in [3.63, 3.8) is 0 Å². The van der Waals surface area contributed by atoms with E-state index in [1.54, 1.807) is 24.0 Å². The predicted molar refractivity (Wildman–Crippen MR) is 126 cm³/mol. The maximum absolute atomic E-state index is 12.7. The molecule has 0 aromatic heterocycles. The monoisotopic (exact) mass is 491 g/mol. The van der Waals surface area contributed by atoms with Crippen molar-refractivity contribution in [3.8, 4) is 5.75 Å². The topological polar surface area (TPSA) is 152 Å². The highest BCUT2D eigenvalue weighted by Crippen LogP contribution is 2.29. The van der Waals surface area contributed by atoms with Gasteiger partial charge in [0.05, 0.1) is 36.6 Å². The highest BCUT2D eigenvalue weighted by Gasteiger charge is 2.22. The van der Waals surface area contributed by atoms with E-state index in [9.17, 15) is 23.3 Å². The molecule has 0 atom stereocenters. The van der Waals surface area contributed by atoms with Crippen LogP contribution in [-0.2, 0) is 19.6 Å². The Labute approximate surface area is 196 Å². The third kappa shape index (κ3) is 6.42. The van der Waals surface area contributed by atoms with E-state index in [2.05, 4.69) is 15.2 Å². The number of anilines is 2. The molecule has 1 amide bonds. The van der Waals surface area contributed by atoms with E-state index in [1.165, 1.54) is 31.4 Å². The number of sulfonamides is 1. The fourth-order valence-electron chi connectivity index (χ4n) is 3.14. The van der Waals surface area contributed by atoms with Crippen LogP contribution in [0.1, 0.15) is 13.3 Å². The van der Waals surface area contributed by atoms with Crippen molar-refractivity contribution in [2.24, 2.45) is 5.10 Å². The molecule has 0 saturated carbocycles. The van der Waals surface area contributed by atoms with Gasteiger partial charge < -0.3 is 14.4 Å². The number of amides is 1. The second-order valence-corrected chi connectivity index (χ2v) is 9.08. The standard InChI is InChI=1S/C21H25N5O7S/c1-15(13-21(27)25-9-11-33-12-10-25)22-23-19-8-7-18(14-20(19)26(28)29)34(30,31)24-16-3-5-17(32-2)6-4-16/h3-8,14,23-24H,9-13H2,1-2H3. The lowest BCUT2D eigenvalue weighted by Gasteiger charge is -2.26. The number of hydrogen-bond acceptors (Lipinski definition) is 9. The van der Waals surface area contributed by atoms with Crippen molar-refractivity contribution in [1.82, 2.24) is 4.90 Å². The number of methoxy groups -OCH3 is 1. The van der Waals surface area contributed by atoms with Crippen molar-refractivity contribution in [3.05, 3.63) is 52.6 Å². The van der Waals surface area contributed by atoms with Gasteiger partial charge in [-0.3, -0.25) is 25.1 Å². The first-order valence-corrected chi connectivity index (χ1v) is 11.8. The Morgan fingerprint density at radius 1 is 1.21 bits per heavy atom. The molecule has 182 valence electrons. The first kappa shape index (κ1) is 24.9. The molecule has 13 heteroatoms. The van der Waals surface area contributed by atoms with E-state index in [1.807, 2.05) is 0 Å². The van der Waals surface area contributed by atoms with Crippen molar-refractivity contribution in [1.29, 1.82) is 0 Å². The molecule has 12 nitrogen and oxygen atoms in total. The molecule has 0 spiro atoms. The molecule has 2 aromatic carbocycles. The maximum Gasteiger partial charge on any atom is 0.295 e. The summed E-state index contributed by atoms with van der Waals surface area (Å²) in [5.41, 5.74) is 2.77. The smallest absolute Gasteiger partial charge is 0.295 e. The molecule has 0 aliphatic carbocycles. The number of nitro groups is 1. The van der Waals surface area contributed by atoms with Crippen LogP contribution in [0.25, 0.3) is 0 Å². The number of nitrogens with one attached hydrogen (secondary N) is 2. The van der Waals surface area contributed by atoms with Crippen LogP contribution in [0.3, 0.4) is 0 Å². The van der Waals surface area contributed by atoms with Crippen LogP contribution in [-0.4, -0.2) is 63.3 Å². The average molecular weight is 492 g/mol. The minimum atomic E-state index is -4.08. The number of rotatable bonds is 9. The largest absolute Gasteiger partial charge is 0.497 e. The molecule has 2 N–H and O–H groups in total. The number of benzene rings is 2. The summed E-state index contributed by atoms with van der Waals surface area (Å²) in [6.45, 7) is 3.59. The van der Waals surface area contributed by atoms with Gasteiger partial charge in [0.15, 0.2) is 0 Å². The van der Waals surface area contributed by atoms with Crippen LogP contribution in [0.2, 0.25) is 0 Å². The van der Waals surface area contributed by atoms with Crippen LogP contribution >= 0.6 is 0 Å². The summed E-state index contributed by atoms with van der Waals surface area (Å²) in [6.07, 6.45) is 0.0407. The van der Waals surface area contributed by atoms with Gasteiger partial charge in [-0.1, -0.05) is 0 Å². The summed E-state index contributed by atoms with van der Waals surface area (Å²) >= 11 is 0. The Kier molecular flexibility index (Phi) is 8.02. The van der Waals surface area contributed by atoms with Crippen LogP contribution in [0.5, 0.6) is 5.75 Å². The minimum absolute atomic E-state index is 0.00781. The molecule has 0 unspecified atom stereocenters. The van der Waals surface area contributed by atoms with Crippen molar-refractivity contribution >= 4 is 38.7 Å². The first-order valence-electron chi connectivity index (χ1n) is 10.3. The summed E-state index contributed by atoms with van der Waals surface area (Å²) in [5, 5.41) is 15.6. The summed E-state index contributed by atoms with van der Waals surface area (Å²) in [6, 6.07) is 9.60. The van der Waals surface area contributed by atoms with Gasteiger partial charge in [-0.25, -0.2) is 8.42 Å². The SMILES string of the molecule is COc1ccc(NS(=O)(=O)c2ccc(NN=C(C)CC(=O)N3CCOCC3)c([N+](=O)[O-])c2)cc1. The van der Waals surface area contributed by atoms with E-state index in [-0.39, 0.29) is 28.6 Å². The Bertz CT molecular complexity index is 1180. The number of hydrazone groups is 1. The Hall–Kier alpha value is -3.71. The number of hydrogen-bond donors (Lipinski definition) is 2. The fraction of sp³-hybridized carbons (Fsp3) is 0.333. The molecule has 3 rings (SSSR count). The molecule has 0 radical (unpaired) electrons. The molecule has 2 aromatic rings. The summed E-state index contributed by atoms with van der Waals surface area (Å²) in [5.74, 6) is 0.434. The second kappa shape index (κ2) is 10.9. The molecule has 1 aliphatic rings. The molecule has 1 aliphatic heterocycles. The number of carbonyl (C=O) groups is 1. The molecule has 1 saturated heterocycles. The highest BCUT2D eigenvalue weighted by molar-refractivity contribution is 7.92. The van der Waals surface area contributed by atoms with Crippen molar-refractivity contribution in [2.45, 2.75) is 18.2 Å². The third-order valence-electron chi connectivity index (χ3n) is 4.96. The van der Waals surface area contributed by atoms with Gasteiger partial charge in [-0.05, 0) is 43.3 Å². The molecule has 0 bridgehead atoms. The lowest BCUT2D eigenvalue weighted by atomic mass is 10.2. The quantitative estimate of drug-likeness (QED) is 0.308. The van der Waals surface area contributed by atoms with Gasteiger partial charge in [-0.15, -0.1) is 0 Å². The minimum Gasteiger partial charge on any atom is -0.497 e. The average Bonchev–Trinajstić information content (AvgIpc) is 2.83. The number of ether oxygens (including phenoxy) is 2. The third-order valence-corrected chi connectivity index (χ3v) is 6.34. The first-order chi connectivity index (χ1) is 16.2. The van der Waals surface area contributed by atoms with Gasteiger partial charge in [-0.2, -0.15) is 5.10 Å². The van der Waals surface area contributed by atoms with Crippen LogP contribution in [0, 0.1) is 10.1 Å². The lowest BCUT2D eigenvalue weighted by Crippen LogP contribution is -2.41. The van der Waals surface area contributed by atoms with Crippen LogP contribution in [0.4, 0.5) is 17.1 Å². The Balaban J connectivity index is 1.73. The molecular weight excluding hydrogens is 466 g/mol. The number of morpholine rings is 1. The normalized spacial score (nSPS) is 14.4. The Morgan fingerprint density at radius 2 is 1.88 bits per heavy atom. The van der Waals surface area contributed by atoms with E-state index in [0.29, 0.717) is 37.8 Å². The highest BCUT2D eigenvalue weighted by atomic mass is 32.2. The van der Waals surface area contributed by atoms with Gasteiger partial charge in [0.2, 0.25) is 5.91 Å². The molecule has 34 heavy (non-hydrogen) atoms. The molecular formula is C21H25N5O7S. The van der Waals surface area contributed by atoms with E-state index in [4.69, 9.17) is 9.47 Å². The summed E-state index contributed by atoms with van der Waals surface area (Å²) in [7, 11) is -2.60. The Morgan fingerprint density at radius 3 is 2.50 bits per heavy atom. The lowest BCUT2D eigenvalue weighted by molar-refractivity contribution is -0.384. The van der Waals surface area contributed by atoms with Gasteiger partial charge in [0.1, 0.15) is 11.4 Å². The van der Waals surface area contributed by atoms with E-state index >= 15 is 0 Å². The fourth-order valence-corrected chi connectivity index (χ4v) is 4.21. The number of nitro benzene ring substituents is 1. The zero-order valence-electron chi connectivity index (χ0n) is 18.7. The van der Waals surface area contributed by atoms with Crippen LogP contribution < -0.4 is 14.9 Å². The zero-order valence-corrected chi connectivity index (χ0v) is 19.5. The van der Waals surface area contributed by atoms with Crippen LogP contribution in [0.15, 0.2) is 52.5 Å². The zero-order chi connectivity index (χ0) is 24.7.